The Balaban J connectivity index is 1.85. The van der Waals surface area contributed by atoms with Crippen LogP contribution in [0.2, 0.25) is 10.0 Å². The highest BCUT2D eigenvalue weighted by atomic mass is 127. The predicted octanol–water partition coefficient (Wildman–Crippen LogP) is 3.24. The molecular formula is C16H19Cl2IN2O3S. The zero-order valence-electron chi connectivity index (χ0n) is 13.5. The quantitative estimate of drug-likeness (QED) is 0.446. The number of nitrogens with one attached hydrogen (secondary N) is 1. The van der Waals surface area contributed by atoms with Crippen molar-refractivity contribution in [1.82, 2.24) is 9.62 Å². The molecule has 0 amide bonds. The van der Waals surface area contributed by atoms with Gasteiger partial charge in [0.1, 0.15) is 0 Å². The largest absolute Gasteiger partial charge is 0.298 e. The summed E-state index contributed by atoms with van der Waals surface area (Å²) in [5.41, 5.74) is 0.869. The molecule has 2 rings (SSSR count). The molecule has 138 valence electrons. The summed E-state index contributed by atoms with van der Waals surface area (Å²) in [6, 6.07) is 3.38. The maximum atomic E-state index is 12.3. The summed E-state index contributed by atoms with van der Waals surface area (Å²) in [7, 11) is -3.41. The van der Waals surface area contributed by atoms with Crippen LogP contribution in [0.1, 0.15) is 18.4 Å². The number of hydrogen-bond acceptors (Lipinski definition) is 4. The molecule has 0 radical (unpaired) electrons. The minimum absolute atomic E-state index is 0.0985. The lowest BCUT2D eigenvalue weighted by Crippen LogP contribution is -2.45. The van der Waals surface area contributed by atoms with Crippen LogP contribution in [0.4, 0.5) is 0 Å². The Morgan fingerprint density at radius 2 is 1.92 bits per heavy atom. The first-order chi connectivity index (χ1) is 11.7. The Kier molecular flexibility index (Phi) is 7.72. The highest BCUT2D eigenvalue weighted by Gasteiger charge is 2.23. The van der Waals surface area contributed by atoms with Crippen LogP contribution in [0.5, 0.6) is 0 Å². The summed E-state index contributed by atoms with van der Waals surface area (Å²) in [4.78, 5) is 14.4. The fourth-order valence-corrected chi connectivity index (χ4v) is 4.69. The summed E-state index contributed by atoms with van der Waals surface area (Å²) >= 11 is 14.1. The van der Waals surface area contributed by atoms with Gasteiger partial charge in [-0.3, -0.25) is 9.69 Å². The van der Waals surface area contributed by atoms with Gasteiger partial charge in [-0.05, 0) is 53.1 Å². The molecular weight excluding hydrogens is 498 g/mol. The number of hydrogen-bond donors (Lipinski definition) is 1. The SMILES string of the molecule is C=CS(=O)(=O)NC1CCN(CC(=O)Cc2cc(Cl)c(Cl)cc2I)CC1. The van der Waals surface area contributed by atoms with Crippen molar-refractivity contribution in [2.24, 2.45) is 0 Å². The van der Waals surface area contributed by atoms with Crippen LogP contribution in [0.3, 0.4) is 0 Å². The van der Waals surface area contributed by atoms with E-state index in [4.69, 9.17) is 23.2 Å². The standard InChI is InChI=1S/C16H19Cl2IN2O3S/c1-2-25(23,24)20-12-3-5-21(6-4-12)10-13(22)7-11-8-14(17)15(18)9-16(11)19/h2,8-9,12,20H,1,3-7,10H2. The van der Waals surface area contributed by atoms with E-state index in [-0.39, 0.29) is 11.8 Å². The molecule has 1 N–H and O–H groups in total. The Hall–Kier alpha value is -0.190. The highest BCUT2D eigenvalue weighted by molar-refractivity contribution is 14.1. The van der Waals surface area contributed by atoms with Crippen LogP contribution in [0.15, 0.2) is 24.1 Å². The number of ketones is 1. The molecule has 0 spiro atoms. The van der Waals surface area contributed by atoms with Gasteiger partial charge in [0.25, 0.3) is 0 Å². The summed E-state index contributed by atoms with van der Waals surface area (Å²) in [5.74, 6) is 0.0985. The smallest absolute Gasteiger partial charge is 0.233 e. The molecule has 1 aromatic carbocycles. The molecule has 1 aliphatic rings. The third-order valence-corrected chi connectivity index (χ3v) is 6.84. The van der Waals surface area contributed by atoms with Gasteiger partial charge in [0.2, 0.25) is 10.0 Å². The van der Waals surface area contributed by atoms with Crippen LogP contribution in [-0.2, 0) is 21.2 Å². The molecule has 0 unspecified atom stereocenters. The number of nitrogens with zero attached hydrogens (tertiary/aromatic N) is 1. The minimum Gasteiger partial charge on any atom is -0.298 e. The van der Waals surface area contributed by atoms with Crippen molar-refractivity contribution >= 4 is 61.6 Å². The van der Waals surface area contributed by atoms with Crippen molar-refractivity contribution < 1.29 is 13.2 Å². The Morgan fingerprint density at radius 1 is 1.32 bits per heavy atom. The van der Waals surface area contributed by atoms with Crippen molar-refractivity contribution in [2.45, 2.75) is 25.3 Å². The Morgan fingerprint density at radius 3 is 2.52 bits per heavy atom. The number of likely N-dealkylation sites (tertiary alicyclic amines) is 1. The zero-order chi connectivity index (χ0) is 18.6. The van der Waals surface area contributed by atoms with Crippen molar-refractivity contribution in [3.8, 4) is 0 Å². The van der Waals surface area contributed by atoms with Gasteiger partial charge in [-0.25, -0.2) is 13.1 Å². The molecule has 1 heterocycles. The summed E-state index contributed by atoms with van der Waals surface area (Å²) in [6.45, 7) is 4.98. The van der Waals surface area contributed by atoms with E-state index >= 15 is 0 Å². The van der Waals surface area contributed by atoms with Crippen LogP contribution in [0.25, 0.3) is 0 Å². The number of carbonyl (C=O) groups is 1. The third-order valence-electron chi connectivity index (χ3n) is 4.01. The topological polar surface area (TPSA) is 66.5 Å². The fraction of sp³-hybridized carbons (Fsp3) is 0.438. The molecule has 0 aliphatic carbocycles. The predicted molar refractivity (Wildman–Crippen MR) is 110 cm³/mol. The molecule has 0 aromatic heterocycles. The first kappa shape index (κ1) is 21.1. The van der Waals surface area contributed by atoms with Crippen LogP contribution in [0, 0.1) is 3.57 Å². The third kappa shape index (κ3) is 6.48. The van der Waals surface area contributed by atoms with Gasteiger partial charge in [-0.1, -0.05) is 29.8 Å². The molecule has 0 atom stereocenters. The molecule has 0 saturated carbocycles. The zero-order valence-corrected chi connectivity index (χ0v) is 18.0. The highest BCUT2D eigenvalue weighted by Crippen LogP contribution is 2.27. The van der Waals surface area contributed by atoms with Crippen LogP contribution < -0.4 is 4.72 Å². The summed E-state index contributed by atoms with van der Waals surface area (Å²) < 4.78 is 26.5. The van der Waals surface area contributed by atoms with E-state index in [2.05, 4.69) is 33.9 Å². The summed E-state index contributed by atoms with van der Waals surface area (Å²) in [5, 5.41) is 1.84. The van der Waals surface area contributed by atoms with Gasteiger partial charge >= 0.3 is 0 Å². The molecule has 1 aromatic rings. The van der Waals surface area contributed by atoms with Gasteiger partial charge in [0.15, 0.2) is 5.78 Å². The molecule has 9 heteroatoms. The second-order valence-electron chi connectivity index (χ2n) is 5.95. The number of rotatable bonds is 7. The van der Waals surface area contributed by atoms with Crippen LogP contribution >= 0.6 is 45.8 Å². The molecule has 5 nitrogen and oxygen atoms in total. The number of benzene rings is 1. The number of piperidine rings is 1. The van der Waals surface area contributed by atoms with Crippen molar-refractivity contribution in [2.75, 3.05) is 19.6 Å². The van der Waals surface area contributed by atoms with E-state index < -0.39 is 10.0 Å². The van der Waals surface area contributed by atoms with Crippen molar-refractivity contribution in [3.63, 3.8) is 0 Å². The normalized spacial score (nSPS) is 16.8. The van der Waals surface area contributed by atoms with Crippen LogP contribution in [-0.4, -0.2) is 44.8 Å². The van der Waals surface area contributed by atoms with Crippen molar-refractivity contribution in [1.29, 1.82) is 0 Å². The lowest BCUT2D eigenvalue weighted by atomic mass is 10.0. The fourth-order valence-electron chi connectivity index (χ4n) is 2.71. The number of carbonyl (C=O) groups excluding carboxylic acids is 1. The molecule has 1 aliphatic heterocycles. The van der Waals surface area contributed by atoms with Gasteiger partial charge in [-0.2, -0.15) is 0 Å². The van der Waals surface area contributed by atoms with Gasteiger partial charge in [0, 0.05) is 34.5 Å². The molecule has 25 heavy (non-hydrogen) atoms. The second-order valence-corrected chi connectivity index (χ2v) is 9.59. The molecule has 0 bridgehead atoms. The van der Waals surface area contributed by atoms with E-state index in [1.807, 2.05) is 4.90 Å². The maximum Gasteiger partial charge on any atom is 0.233 e. The van der Waals surface area contributed by atoms with E-state index in [0.717, 1.165) is 14.5 Å². The van der Waals surface area contributed by atoms with E-state index in [9.17, 15) is 13.2 Å². The van der Waals surface area contributed by atoms with E-state index in [1.54, 1.807) is 12.1 Å². The van der Waals surface area contributed by atoms with Crippen molar-refractivity contribution in [3.05, 3.63) is 43.3 Å². The van der Waals surface area contributed by atoms with Gasteiger partial charge in [0.05, 0.1) is 16.6 Å². The van der Waals surface area contributed by atoms with E-state index in [0.29, 0.717) is 48.9 Å². The summed E-state index contributed by atoms with van der Waals surface area (Å²) in [6.07, 6.45) is 1.65. The maximum absolute atomic E-state index is 12.3. The minimum atomic E-state index is -3.41. The lowest BCUT2D eigenvalue weighted by Gasteiger charge is -2.31. The monoisotopic (exact) mass is 516 g/mol. The first-order valence-electron chi connectivity index (χ1n) is 7.72. The molecule has 1 fully saturated rings. The second kappa shape index (κ2) is 9.14. The Bertz CT molecular complexity index is 763. The van der Waals surface area contributed by atoms with E-state index in [1.165, 1.54) is 0 Å². The first-order valence-corrected chi connectivity index (χ1v) is 11.1. The average Bonchev–Trinajstić information content (AvgIpc) is 2.54. The number of Topliss-reactive ketones (excluding diaryl/α,β-unsaturated/α-hetero) is 1. The Labute approximate surface area is 171 Å². The average molecular weight is 517 g/mol. The van der Waals surface area contributed by atoms with Gasteiger partial charge < -0.3 is 0 Å². The number of sulfonamides is 1. The molecule has 1 saturated heterocycles. The van der Waals surface area contributed by atoms with Gasteiger partial charge in [-0.15, -0.1) is 0 Å². The number of halogens is 3. The lowest BCUT2D eigenvalue weighted by molar-refractivity contribution is -0.119.